The number of rotatable bonds is 9. The first-order valence-electron chi connectivity index (χ1n) is 10.1. The van der Waals surface area contributed by atoms with Crippen LogP contribution in [0.4, 0.5) is 4.79 Å². The number of fused-ring (bicyclic) bond motifs is 3. The second-order valence-electron chi connectivity index (χ2n) is 7.26. The van der Waals surface area contributed by atoms with Crippen molar-refractivity contribution < 1.29 is 24.2 Å². The van der Waals surface area contributed by atoms with Gasteiger partial charge in [-0.3, -0.25) is 9.59 Å². The van der Waals surface area contributed by atoms with Gasteiger partial charge in [0.25, 0.3) is 0 Å². The van der Waals surface area contributed by atoms with E-state index in [2.05, 4.69) is 10.6 Å². The monoisotopic (exact) mass is 410 g/mol. The summed E-state index contributed by atoms with van der Waals surface area (Å²) in [5.74, 6) is -1.82. The highest BCUT2D eigenvalue weighted by Crippen LogP contribution is 2.44. The van der Waals surface area contributed by atoms with E-state index in [1.54, 1.807) is 0 Å². The Labute approximate surface area is 175 Å². The first-order chi connectivity index (χ1) is 14.5. The van der Waals surface area contributed by atoms with Crippen molar-refractivity contribution in [3.05, 3.63) is 59.7 Å². The van der Waals surface area contributed by atoms with Gasteiger partial charge >= 0.3 is 12.1 Å². The Morgan fingerprint density at radius 2 is 1.63 bits per heavy atom. The molecule has 1 aliphatic rings. The molecule has 30 heavy (non-hydrogen) atoms. The zero-order valence-corrected chi connectivity index (χ0v) is 16.9. The standard InChI is InChI=1S/C23H26N2O5/c1-2-3-12-24-22(28)20(13-21(26)27)25-23(29)30-14-19-17-10-6-4-8-15(17)16-9-5-7-11-18(16)19/h4-11,19-20H,2-3,12-14H2,1H3,(H,24,28)(H,25,29)(H,26,27)/t20-/m1/s1. The number of alkyl carbamates (subject to hydrolysis) is 1. The van der Waals surface area contributed by atoms with Gasteiger partial charge in [-0.05, 0) is 28.7 Å². The fourth-order valence-electron chi connectivity index (χ4n) is 3.68. The van der Waals surface area contributed by atoms with Crippen molar-refractivity contribution in [1.82, 2.24) is 10.6 Å². The van der Waals surface area contributed by atoms with E-state index in [4.69, 9.17) is 9.84 Å². The lowest BCUT2D eigenvalue weighted by atomic mass is 9.98. The number of nitrogens with one attached hydrogen (secondary N) is 2. The second-order valence-corrected chi connectivity index (χ2v) is 7.26. The van der Waals surface area contributed by atoms with Crippen LogP contribution in [0.2, 0.25) is 0 Å². The predicted molar refractivity (Wildman–Crippen MR) is 112 cm³/mol. The van der Waals surface area contributed by atoms with Crippen LogP contribution in [-0.2, 0) is 14.3 Å². The van der Waals surface area contributed by atoms with Gasteiger partial charge in [-0.2, -0.15) is 0 Å². The molecule has 1 aliphatic carbocycles. The molecule has 0 heterocycles. The number of aliphatic carboxylic acids is 1. The molecule has 0 aromatic heterocycles. The Morgan fingerprint density at radius 3 is 2.20 bits per heavy atom. The van der Waals surface area contributed by atoms with E-state index in [9.17, 15) is 14.4 Å². The minimum absolute atomic E-state index is 0.0944. The maximum atomic E-state index is 12.3. The third-order valence-corrected chi connectivity index (χ3v) is 5.16. The minimum atomic E-state index is -1.19. The number of carboxylic acid groups (broad SMARTS) is 1. The molecule has 0 saturated heterocycles. The smallest absolute Gasteiger partial charge is 0.407 e. The molecule has 0 radical (unpaired) electrons. The number of carbonyl (C=O) groups excluding carboxylic acids is 2. The van der Waals surface area contributed by atoms with Gasteiger partial charge in [0.05, 0.1) is 6.42 Å². The number of carbonyl (C=O) groups is 3. The van der Waals surface area contributed by atoms with Crippen molar-refractivity contribution in [2.75, 3.05) is 13.2 Å². The molecule has 3 rings (SSSR count). The van der Waals surface area contributed by atoms with Gasteiger partial charge < -0.3 is 20.5 Å². The van der Waals surface area contributed by atoms with Gasteiger partial charge in [0.2, 0.25) is 5.91 Å². The molecule has 158 valence electrons. The van der Waals surface area contributed by atoms with Gasteiger partial charge in [-0.25, -0.2) is 4.79 Å². The van der Waals surface area contributed by atoms with Crippen LogP contribution in [0.1, 0.15) is 43.2 Å². The van der Waals surface area contributed by atoms with Gasteiger partial charge in [0.15, 0.2) is 0 Å². The van der Waals surface area contributed by atoms with Crippen LogP contribution in [-0.4, -0.2) is 42.3 Å². The fraction of sp³-hybridized carbons (Fsp3) is 0.348. The summed E-state index contributed by atoms with van der Waals surface area (Å²) in [5.41, 5.74) is 4.37. The molecule has 0 aliphatic heterocycles. The molecular formula is C23H26N2O5. The first kappa shape index (κ1) is 21.4. The number of hydrogen-bond donors (Lipinski definition) is 3. The van der Waals surface area contributed by atoms with Gasteiger partial charge in [0, 0.05) is 12.5 Å². The highest BCUT2D eigenvalue weighted by Gasteiger charge is 2.30. The Bertz CT molecular complexity index is 882. The van der Waals surface area contributed by atoms with Crippen LogP contribution >= 0.6 is 0 Å². The van der Waals surface area contributed by atoms with E-state index in [0.717, 1.165) is 35.1 Å². The number of hydrogen-bond acceptors (Lipinski definition) is 4. The minimum Gasteiger partial charge on any atom is -0.481 e. The normalized spacial score (nSPS) is 13.1. The zero-order chi connectivity index (χ0) is 21.5. The lowest BCUT2D eigenvalue weighted by Gasteiger charge is -2.18. The second kappa shape index (κ2) is 9.91. The van der Waals surface area contributed by atoms with Gasteiger partial charge in [-0.1, -0.05) is 61.9 Å². The highest BCUT2D eigenvalue weighted by atomic mass is 16.5. The number of carboxylic acids is 1. The molecule has 0 spiro atoms. The van der Waals surface area contributed by atoms with Gasteiger partial charge in [0.1, 0.15) is 12.6 Å². The van der Waals surface area contributed by atoms with Crippen LogP contribution in [0.25, 0.3) is 11.1 Å². The molecule has 3 N–H and O–H groups in total. The molecule has 1 atom stereocenters. The summed E-state index contributed by atoms with van der Waals surface area (Å²) in [6.07, 6.45) is 0.344. The topological polar surface area (TPSA) is 105 Å². The summed E-state index contributed by atoms with van der Waals surface area (Å²) < 4.78 is 5.40. The molecule has 2 aromatic carbocycles. The third-order valence-electron chi connectivity index (χ3n) is 5.16. The van der Waals surface area contributed by atoms with E-state index < -0.39 is 30.4 Å². The molecule has 0 saturated carbocycles. The fourth-order valence-corrected chi connectivity index (χ4v) is 3.68. The van der Waals surface area contributed by atoms with Crippen LogP contribution in [0.15, 0.2) is 48.5 Å². The zero-order valence-electron chi connectivity index (χ0n) is 16.9. The summed E-state index contributed by atoms with van der Waals surface area (Å²) in [4.78, 5) is 35.7. The van der Waals surface area contributed by atoms with Crippen molar-refractivity contribution in [2.45, 2.75) is 38.1 Å². The number of benzene rings is 2. The molecule has 7 nitrogen and oxygen atoms in total. The first-order valence-corrected chi connectivity index (χ1v) is 10.1. The van der Waals surface area contributed by atoms with E-state index in [1.165, 1.54) is 0 Å². The maximum Gasteiger partial charge on any atom is 0.407 e. The van der Waals surface area contributed by atoms with E-state index in [1.807, 2.05) is 55.5 Å². The Kier molecular flexibility index (Phi) is 7.06. The van der Waals surface area contributed by atoms with Crippen molar-refractivity contribution in [1.29, 1.82) is 0 Å². The summed E-state index contributed by atoms with van der Waals surface area (Å²) in [6, 6.07) is 14.7. The van der Waals surface area contributed by atoms with E-state index in [-0.39, 0.29) is 12.5 Å². The Balaban J connectivity index is 1.64. The summed E-state index contributed by atoms with van der Waals surface area (Å²) in [5, 5.41) is 14.1. The molecule has 2 aromatic rings. The van der Waals surface area contributed by atoms with Crippen LogP contribution in [0, 0.1) is 0 Å². The summed E-state index contributed by atoms with van der Waals surface area (Å²) >= 11 is 0. The van der Waals surface area contributed by atoms with E-state index in [0.29, 0.717) is 6.54 Å². The molecule has 0 unspecified atom stereocenters. The number of ether oxygens (including phenoxy) is 1. The highest BCUT2D eigenvalue weighted by molar-refractivity contribution is 5.89. The largest absolute Gasteiger partial charge is 0.481 e. The van der Waals surface area contributed by atoms with Crippen molar-refractivity contribution >= 4 is 18.0 Å². The third kappa shape index (κ3) is 4.97. The molecule has 0 fully saturated rings. The lowest BCUT2D eigenvalue weighted by Crippen LogP contribution is -2.48. The average molecular weight is 410 g/mol. The number of amides is 2. The molecular weight excluding hydrogens is 384 g/mol. The Hall–Kier alpha value is -3.35. The maximum absolute atomic E-state index is 12.3. The summed E-state index contributed by atoms with van der Waals surface area (Å²) in [6.45, 7) is 2.50. The van der Waals surface area contributed by atoms with Crippen LogP contribution in [0.5, 0.6) is 0 Å². The van der Waals surface area contributed by atoms with Gasteiger partial charge in [-0.15, -0.1) is 0 Å². The van der Waals surface area contributed by atoms with Crippen molar-refractivity contribution in [3.63, 3.8) is 0 Å². The summed E-state index contributed by atoms with van der Waals surface area (Å²) in [7, 11) is 0. The lowest BCUT2D eigenvalue weighted by molar-refractivity contribution is -0.139. The quantitative estimate of drug-likeness (QED) is 0.550. The average Bonchev–Trinajstić information content (AvgIpc) is 3.05. The van der Waals surface area contributed by atoms with Crippen molar-refractivity contribution in [3.8, 4) is 11.1 Å². The Morgan fingerprint density at radius 1 is 1.03 bits per heavy atom. The molecule has 7 heteroatoms. The van der Waals surface area contributed by atoms with Crippen LogP contribution in [0.3, 0.4) is 0 Å². The molecule has 0 bridgehead atoms. The predicted octanol–water partition coefficient (Wildman–Crippen LogP) is 3.28. The van der Waals surface area contributed by atoms with Crippen LogP contribution < -0.4 is 10.6 Å². The van der Waals surface area contributed by atoms with Crippen molar-refractivity contribution in [2.24, 2.45) is 0 Å². The SMILES string of the molecule is CCCCNC(=O)[C@@H](CC(=O)O)NC(=O)OCC1c2ccccc2-c2ccccc21. The molecule has 2 amide bonds. The number of unbranched alkanes of at least 4 members (excludes halogenated alkanes) is 1. The van der Waals surface area contributed by atoms with E-state index >= 15 is 0 Å².